The van der Waals surface area contributed by atoms with Crippen molar-refractivity contribution in [3.8, 4) is 11.5 Å². The third-order valence-electron chi connectivity index (χ3n) is 5.81. The zero-order chi connectivity index (χ0) is 24.9. The fraction of sp³-hybridized carbons (Fsp3) is 0.724. The Labute approximate surface area is 207 Å². The van der Waals surface area contributed by atoms with E-state index >= 15 is 0 Å². The molecule has 0 radical (unpaired) electrons. The highest BCUT2D eigenvalue weighted by Crippen LogP contribution is 2.27. The zero-order valence-electron chi connectivity index (χ0n) is 21.9. The summed E-state index contributed by atoms with van der Waals surface area (Å²) in [6, 6.07) is 6.80. The molecule has 0 spiro atoms. The molecule has 0 aliphatic rings. The molecule has 0 amide bonds. The molecule has 0 saturated heterocycles. The Morgan fingerprint density at radius 2 is 1.09 bits per heavy atom. The molecular formula is C29H48O5. The lowest BCUT2D eigenvalue weighted by Gasteiger charge is -2.13. The molecule has 5 heteroatoms. The summed E-state index contributed by atoms with van der Waals surface area (Å²) < 4.78 is 15.8. The van der Waals surface area contributed by atoms with E-state index in [0.717, 1.165) is 19.3 Å². The zero-order valence-corrected chi connectivity index (χ0v) is 21.9. The maximum atomic E-state index is 12.0. The van der Waals surface area contributed by atoms with Gasteiger partial charge in [0.2, 0.25) is 0 Å². The van der Waals surface area contributed by atoms with Crippen molar-refractivity contribution < 1.29 is 23.8 Å². The van der Waals surface area contributed by atoms with Crippen molar-refractivity contribution >= 4 is 11.9 Å². The quantitative estimate of drug-likeness (QED) is 0.0821. The van der Waals surface area contributed by atoms with Crippen LogP contribution in [0.1, 0.15) is 124 Å². The van der Waals surface area contributed by atoms with Gasteiger partial charge in [0.05, 0.1) is 12.7 Å². The first-order chi connectivity index (χ1) is 16.5. The standard InChI is InChI=1S/C29H48O5/c1-4-5-6-7-8-9-10-11-12-13-14-15-16-17-18-21-24-32-28(30)29(31)34-27-23-20-19-22-26(27)33-25(2)3/h19-20,22-23,25H,4-18,21,24H2,1-3H3. The third-order valence-corrected chi connectivity index (χ3v) is 5.81. The molecule has 1 aromatic carbocycles. The minimum Gasteiger partial charge on any atom is -0.487 e. The van der Waals surface area contributed by atoms with Gasteiger partial charge in [0.15, 0.2) is 11.5 Å². The Hall–Kier alpha value is -2.04. The Morgan fingerprint density at radius 1 is 0.647 bits per heavy atom. The van der Waals surface area contributed by atoms with Crippen LogP contribution in [0, 0.1) is 0 Å². The van der Waals surface area contributed by atoms with E-state index in [0.29, 0.717) is 5.75 Å². The predicted molar refractivity (Wildman–Crippen MR) is 138 cm³/mol. The number of benzene rings is 1. The number of hydrogen-bond acceptors (Lipinski definition) is 5. The van der Waals surface area contributed by atoms with Crippen LogP contribution >= 0.6 is 0 Å². The molecule has 0 unspecified atom stereocenters. The van der Waals surface area contributed by atoms with Gasteiger partial charge in [-0.05, 0) is 32.4 Å². The highest BCUT2D eigenvalue weighted by molar-refractivity contribution is 6.30. The van der Waals surface area contributed by atoms with E-state index in [9.17, 15) is 9.59 Å². The molecule has 0 fully saturated rings. The van der Waals surface area contributed by atoms with E-state index in [1.165, 1.54) is 83.5 Å². The van der Waals surface area contributed by atoms with Crippen molar-refractivity contribution in [2.24, 2.45) is 0 Å². The summed E-state index contributed by atoms with van der Waals surface area (Å²) in [6.45, 7) is 6.27. The normalized spacial score (nSPS) is 10.9. The van der Waals surface area contributed by atoms with Gasteiger partial charge < -0.3 is 14.2 Å². The molecule has 1 aromatic rings. The number of hydrogen-bond donors (Lipinski definition) is 0. The molecule has 0 N–H and O–H groups in total. The van der Waals surface area contributed by atoms with E-state index in [1.54, 1.807) is 24.3 Å². The van der Waals surface area contributed by atoms with Crippen LogP contribution in [0.2, 0.25) is 0 Å². The van der Waals surface area contributed by atoms with Crippen molar-refractivity contribution in [2.45, 2.75) is 130 Å². The fourth-order valence-electron chi connectivity index (χ4n) is 3.90. The van der Waals surface area contributed by atoms with Gasteiger partial charge in [0.25, 0.3) is 0 Å². The van der Waals surface area contributed by atoms with Gasteiger partial charge in [-0.15, -0.1) is 0 Å². The van der Waals surface area contributed by atoms with Gasteiger partial charge in [-0.1, -0.05) is 115 Å². The molecule has 0 atom stereocenters. The lowest BCUT2D eigenvalue weighted by Crippen LogP contribution is -2.23. The van der Waals surface area contributed by atoms with Gasteiger partial charge in [0.1, 0.15) is 0 Å². The number of rotatable bonds is 20. The molecule has 0 aliphatic heterocycles. The van der Waals surface area contributed by atoms with E-state index in [4.69, 9.17) is 14.2 Å². The van der Waals surface area contributed by atoms with Gasteiger partial charge >= 0.3 is 11.9 Å². The summed E-state index contributed by atoms with van der Waals surface area (Å²) in [7, 11) is 0. The SMILES string of the molecule is CCCCCCCCCCCCCCCCCCOC(=O)C(=O)Oc1ccccc1OC(C)C. The molecule has 0 aliphatic carbocycles. The lowest BCUT2D eigenvalue weighted by molar-refractivity contribution is -0.162. The molecule has 5 nitrogen and oxygen atoms in total. The van der Waals surface area contributed by atoms with Crippen molar-refractivity contribution in [2.75, 3.05) is 6.61 Å². The Bertz CT molecular complexity index is 656. The van der Waals surface area contributed by atoms with Crippen LogP contribution in [0.3, 0.4) is 0 Å². The van der Waals surface area contributed by atoms with Gasteiger partial charge in [-0.3, -0.25) is 0 Å². The van der Waals surface area contributed by atoms with Crippen molar-refractivity contribution in [3.63, 3.8) is 0 Å². The van der Waals surface area contributed by atoms with Gasteiger partial charge in [0, 0.05) is 0 Å². The van der Waals surface area contributed by atoms with E-state index < -0.39 is 11.9 Å². The second kappa shape index (κ2) is 20.3. The summed E-state index contributed by atoms with van der Waals surface area (Å²) in [4.78, 5) is 23.9. The fourth-order valence-corrected chi connectivity index (χ4v) is 3.90. The monoisotopic (exact) mass is 476 g/mol. The number of carbonyl (C=O) groups excluding carboxylic acids is 2. The number of ether oxygens (including phenoxy) is 3. The average molecular weight is 477 g/mol. The van der Waals surface area contributed by atoms with Crippen LogP contribution in [-0.2, 0) is 14.3 Å². The second-order valence-corrected chi connectivity index (χ2v) is 9.44. The van der Waals surface area contributed by atoms with E-state index in [2.05, 4.69) is 6.92 Å². The highest BCUT2D eigenvalue weighted by Gasteiger charge is 2.20. The van der Waals surface area contributed by atoms with Gasteiger partial charge in [-0.2, -0.15) is 0 Å². The number of unbranched alkanes of at least 4 members (excludes halogenated alkanes) is 15. The van der Waals surface area contributed by atoms with Crippen LogP contribution in [0.5, 0.6) is 11.5 Å². The largest absolute Gasteiger partial charge is 0.487 e. The van der Waals surface area contributed by atoms with E-state index in [1.807, 2.05) is 13.8 Å². The van der Waals surface area contributed by atoms with Crippen LogP contribution in [0.4, 0.5) is 0 Å². The first-order valence-electron chi connectivity index (χ1n) is 13.7. The van der Waals surface area contributed by atoms with Crippen LogP contribution < -0.4 is 9.47 Å². The maximum Gasteiger partial charge on any atom is 0.422 e. The minimum atomic E-state index is -1.02. The maximum absolute atomic E-state index is 12.0. The van der Waals surface area contributed by atoms with Crippen LogP contribution in [0.15, 0.2) is 24.3 Å². The number of para-hydroxylation sites is 2. The molecule has 0 bridgehead atoms. The van der Waals surface area contributed by atoms with Crippen molar-refractivity contribution in [1.29, 1.82) is 0 Å². The Kier molecular flexibility index (Phi) is 17.9. The van der Waals surface area contributed by atoms with E-state index in [-0.39, 0.29) is 18.5 Å². The first kappa shape index (κ1) is 30.0. The molecule has 194 valence electrons. The van der Waals surface area contributed by atoms with Crippen molar-refractivity contribution in [3.05, 3.63) is 24.3 Å². The summed E-state index contributed by atoms with van der Waals surface area (Å²) >= 11 is 0. The second-order valence-electron chi connectivity index (χ2n) is 9.44. The Balaban J connectivity index is 1.96. The molecule has 0 aromatic heterocycles. The third kappa shape index (κ3) is 15.7. The van der Waals surface area contributed by atoms with Crippen LogP contribution in [0.25, 0.3) is 0 Å². The average Bonchev–Trinajstić information content (AvgIpc) is 2.81. The molecule has 0 heterocycles. The number of esters is 2. The molecular weight excluding hydrogens is 428 g/mol. The molecule has 34 heavy (non-hydrogen) atoms. The molecule has 0 saturated carbocycles. The Morgan fingerprint density at radius 3 is 1.56 bits per heavy atom. The highest BCUT2D eigenvalue weighted by atomic mass is 16.6. The molecule has 1 rings (SSSR count). The lowest BCUT2D eigenvalue weighted by atomic mass is 10.0. The predicted octanol–water partition coefficient (Wildman–Crippen LogP) is 8.18. The topological polar surface area (TPSA) is 61.8 Å². The smallest absolute Gasteiger partial charge is 0.422 e. The summed E-state index contributed by atoms with van der Waals surface area (Å²) in [5.41, 5.74) is 0. The van der Waals surface area contributed by atoms with Gasteiger partial charge in [-0.25, -0.2) is 9.59 Å². The minimum absolute atomic E-state index is 0.0679. The summed E-state index contributed by atoms with van der Waals surface area (Å²) in [5.74, 6) is -1.33. The first-order valence-corrected chi connectivity index (χ1v) is 13.7. The van der Waals surface area contributed by atoms with Crippen LogP contribution in [-0.4, -0.2) is 24.6 Å². The van der Waals surface area contributed by atoms with Crippen molar-refractivity contribution in [1.82, 2.24) is 0 Å². The summed E-state index contributed by atoms with van der Waals surface area (Å²) in [5, 5.41) is 0. The summed E-state index contributed by atoms with van der Waals surface area (Å²) in [6.07, 6.45) is 20.5. The number of carbonyl (C=O) groups is 2.